The predicted molar refractivity (Wildman–Crippen MR) is 119 cm³/mol. The molecular formula is C25H31NO6. The molecule has 2 aromatic carbocycles. The fourth-order valence-corrected chi connectivity index (χ4v) is 2.94. The number of benzene rings is 2. The Bertz CT molecular complexity index is 821. The van der Waals surface area contributed by atoms with Crippen LogP contribution in [0.3, 0.4) is 0 Å². The minimum absolute atomic E-state index is 0.00497. The minimum Gasteiger partial charge on any atom is -0.460 e. The molecule has 1 N–H and O–H groups in total. The Labute approximate surface area is 189 Å². The zero-order chi connectivity index (χ0) is 23.6. The molecule has 0 aliphatic rings. The molecule has 0 saturated heterocycles. The summed E-state index contributed by atoms with van der Waals surface area (Å²) in [7, 11) is 0. The lowest BCUT2D eigenvalue weighted by atomic mass is 9.97. The number of hydrogen-bond acceptors (Lipinski definition) is 6. The van der Waals surface area contributed by atoms with Crippen LogP contribution in [0.5, 0.6) is 0 Å². The fraction of sp³-hybridized carbons (Fsp3) is 0.400. The molecule has 0 saturated carbocycles. The molecule has 0 unspecified atom stereocenters. The summed E-state index contributed by atoms with van der Waals surface area (Å²) < 4.78 is 16.1. The monoisotopic (exact) mass is 441 g/mol. The van der Waals surface area contributed by atoms with Gasteiger partial charge in [0.25, 0.3) is 0 Å². The molecule has 7 heteroatoms. The summed E-state index contributed by atoms with van der Waals surface area (Å²) in [4.78, 5) is 38.1. The standard InChI is InChI=1S/C25H31NO6/c1-5-20(26-24(29)32-25(2,3)4)21(22(27)30-16-18-12-8-6-9-13-18)23(28)31-17-19-14-10-7-11-15-19/h6-15,20-21H,5,16-17H2,1-4H3,(H,26,29)/t20-/m1/s1. The first-order valence-corrected chi connectivity index (χ1v) is 10.6. The Morgan fingerprint density at radius 1 is 0.812 bits per heavy atom. The van der Waals surface area contributed by atoms with E-state index >= 15 is 0 Å². The number of rotatable bonds is 9. The normalized spacial score (nSPS) is 12.0. The van der Waals surface area contributed by atoms with Gasteiger partial charge in [-0.1, -0.05) is 67.6 Å². The number of esters is 2. The third-order valence-corrected chi connectivity index (χ3v) is 4.50. The second-order valence-corrected chi connectivity index (χ2v) is 8.33. The van der Waals surface area contributed by atoms with Gasteiger partial charge in [0.2, 0.25) is 0 Å². The van der Waals surface area contributed by atoms with Crippen molar-refractivity contribution in [1.29, 1.82) is 0 Å². The van der Waals surface area contributed by atoms with Crippen LogP contribution < -0.4 is 5.32 Å². The molecule has 0 bridgehead atoms. The zero-order valence-electron chi connectivity index (χ0n) is 19.0. The summed E-state index contributed by atoms with van der Waals surface area (Å²) in [5.41, 5.74) is 0.843. The maximum Gasteiger partial charge on any atom is 0.407 e. The molecule has 32 heavy (non-hydrogen) atoms. The molecule has 0 heterocycles. The van der Waals surface area contributed by atoms with Crippen LogP contribution in [0.25, 0.3) is 0 Å². The average molecular weight is 442 g/mol. The first-order chi connectivity index (χ1) is 15.2. The van der Waals surface area contributed by atoms with Crippen molar-refractivity contribution < 1.29 is 28.6 Å². The summed E-state index contributed by atoms with van der Waals surface area (Å²) in [6, 6.07) is 17.4. The molecule has 7 nitrogen and oxygen atoms in total. The number of nitrogens with one attached hydrogen (secondary N) is 1. The van der Waals surface area contributed by atoms with Crippen molar-refractivity contribution in [2.24, 2.45) is 5.92 Å². The van der Waals surface area contributed by atoms with Gasteiger partial charge in [-0.3, -0.25) is 9.59 Å². The second-order valence-electron chi connectivity index (χ2n) is 8.33. The summed E-state index contributed by atoms with van der Waals surface area (Å²) in [6.45, 7) is 6.95. The highest BCUT2D eigenvalue weighted by molar-refractivity contribution is 5.96. The van der Waals surface area contributed by atoms with Crippen molar-refractivity contribution in [3.63, 3.8) is 0 Å². The van der Waals surface area contributed by atoms with Crippen molar-refractivity contribution in [2.75, 3.05) is 0 Å². The van der Waals surface area contributed by atoms with E-state index in [1.54, 1.807) is 27.7 Å². The molecule has 0 fully saturated rings. The molecule has 0 aliphatic heterocycles. The minimum atomic E-state index is -1.33. The smallest absolute Gasteiger partial charge is 0.407 e. The Balaban J connectivity index is 2.14. The number of hydrogen-bond donors (Lipinski definition) is 1. The molecule has 172 valence electrons. The molecule has 0 aliphatic carbocycles. The summed E-state index contributed by atoms with van der Waals surface area (Å²) in [5, 5.41) is 2.62. The SMILES string of the molecule is CC[C@@H](NC(=O)OC(C)(C)C)C(C(=O)OCc1ccccc1)C(=O)OCc1ccccc1. The zero-order valence-corrected chi connectivity index (χ0v) is 19.0. The lowest BCUT2D eigenvalue weighted by molar-refractivity contribution is -0.165. The largest absolute Gasteiger partial charge is 0.460 e. The van der Waals surface area contributed by atoms with E-state index in [4.69, 9.17) is 14.2 Å². The van der Waals surface area contributed by atoms with Gasteiger partial charge in [0, 0.05) is 0 Å². The van der Waals surface area contributed by atoms with Gasteiger partial charge in [-0.25, -0.2) is 4.79 Å². The lowest BCUT2D eigenvalue weighted by Gasteiger charge is -2.26. The average Bonchev–Trinajstić information content (AvgIpc) is 2.76. The van der Waals surface area contributed by atoms with Gasteiger partial charge in [-0.15, -0.1) is 0 Å². The van der Waals surface area contributed by atoms with Crippen LogP contribution in [0.4, 0.5) is 4.79 Å². The van der Waals surface area contributed by atoms with Crippen LogP contribution >= 0.6 is 0 Å². The molecule has 1 amide bonds. The van der Waals surface area contributed by atoms with E-state index in [9.17, 15) is 14.4 Å². The van der Waals surface area contributed by atoms with Crippen LogP contribution in [-0.2, 0) is 37.0 Å². The first-order valence-electron chi connectivity index (χ1n) is 10.6. The number of amides is 1. The highest BCUT2D eigenvalue weighted by Gasteiger charge is 2.38. The van der Waals surface area contributed by atoms with Gasteiger partial charge >= 0.3 is 18.0 Å². The van der Waals surface area contributed by atoms with Gasteiger partial charge < -0.3 is 19.5 Å². The van der Waals surface area contributed by atoms with Crippen LogP contribution in [0, 0.1) is 5.92 Å². The number of ether oxygens (including phenoxy) is 3. The van der Waals surface area contributed by atoms with Crippen molar-refractivity contribution >= 4 is 18.0 Å². The van der Waals surface area contributed by atoms with Gasteiger partial charge in [0.1, 0.15) is 18.8 Å². The van der Waals surface area contributed by atoms with Crippen molar-refractivity contribution in [2.45, 2.75) is 59.0 Å². The Morgan fingerprint density at radius 2 is 1.25 bits per heavy atom. The second kappa shape index (κ2) is 11.9. The van der Waals surface area contributed by atoms with E-state index < -0.39 is 35.6 Å². The molecule has 2 aromatic rings. The number of carbonyl (C=O) groups is 3. The molecule has 0 radical (unpaired) electrons. The molecule has 0 aromatic heterocycles. The molecular weight excluding hydrogens is 410 g/mol. The van der Waals surface area contributed by atoms with Crippen LogP contribution in [0.15, 0.2) is 60.7 Å². The lowest BCUT2D eigenvalue weighted by Crippen LogP contribution is -2.48. The highest BCUT2D eigenvalue weighted by atomic mass is 16.6. The van der Waals surface area contributed by atoms with Gasteiger partial charge in [0.05, 0.1) is 6.04 Å². The fourth-order valence-electron chi connectivity index (χ4n) is 2.94. The van der Waals surface area contributed by atoms with Gasteiger partial charge in [-0.05, 0) is 38.3 Å². The van der Waals surface area contributed by atoms with Crippen LogP contribution in [-0.4, -0.2) is 29.7 Å². The van der Waals surface area contributed by atoms with E-state index in [0.29, 0.717) is 6.42 Å². The molecule has 0 spiro atoms. The summed E-state index contributed by atoms with van der Waals surface area (Å²) in [6.07, 6.45) is -0.425. The van der Waals surface area contributed by atoms with Crippen molar-refractivity contribution in [3.8, 4) is 0 Å². The predicted octanol–water partition coefficient (Wildman–Crippen LogP) is 4.39. The molecule has 1 atom stereocenters. The van der Waals surface area contributed by atoms with E-state index in [2.05, 4.69) is 5.32 Å². The van der Waals surface area contributed by atoms with Crippen molar-refractivity contribution in [1.82, 2.24) is 5.32 Å². The van der Waals surface area contributed by atoms with Crippen LogP contribution in [0.2, 0.25) is 0 Å². The third kappa shape index (κ3) is 8.41. The topological polar surface area (TPSA) is 90.9 Å². The van der Waals surface area contributed by atoms with E-state index in [1.165, 1.54) is 0 Å². The number of carbonyl (C=O) groups excluding carboxylic acids is 3. The summed E-state index contributed by atoms with van der Waals surface area (Å²) in [5.74, 6) is -2.87. The first kappa shape index (κ1) is 24.9. The Morgan fingerprint density at radius 3 is 1.62 bits per heavy atom. The summed E-state index contributed by atoms with van der Waals surface area (Å²) >= 11 is 0. The number of alkyl carbamates (subject to hydrolysis) is 1. The Hall–Kier alpha value is -3.35. The van der Waals surface area contributed by atoms with E-state index in [1.807, 2.05) is 60.7 Å². The Kier molecular flexibility index (Phi) is 9.25. The maximum atomic E-state index is 12.9. The van der Waals surface area contributed by atoms with Gasteiger partial charge in [-0.2, -0.15) is 0 Å². The van der Waals surface area contributed by atoms with E-state index in [0.717, 1.165) is 11.1 Å². The highest BCUT2D eigenvalue weighted by Crippen LogP contribution is 2.17. The third-order valence-electron chi connectivity index (χ3n) is 4.50. The maximum absolute atomic E-state index is 12.9. The van der Waals surface area contributed by atoms with E-state index in [-0.39, 0.29) is 13.2 Å². The van der Waals surface area contributed by atoms with Crippen LogP contribution in [0.1, 0.15) is 45.2 Å². The quantitative estimate of drug-likeness (QED) is 0.353. The molecule has 2 rings (SSSR count). The van der Waals surface area contributed by atoms with Gasteiger partial charge in [0.15, 0.2) is 5.92 Å². The van der Waals surface area contributed by atoms with Crippen molar-refractivity contribution in [3.05, 3.63) is 71.8 Å².